The number of nitrogens with two attached hydrogens (primary N) is 1. The lowest BCUT2D eigenvalue weighted by molar-refractivity contribution is -0.0434. The molecule has 0 radical (unpaired) electrons. The molecule has 0 aromatic carbocycles. The Labute approximate surface area is 93.3 Å². The molecule has 0 aromatic rings. The fourth-order valence-electron chi connectivity index (χ4n) is 2.27. The van der Waals surface area contributed by atoms with Gasteiger partial charge in [-0.15, -0.1) is 0 Å². The Kier molecular flexibility index (Phi) is 6.22. The predicted octanol–water partition coefficient (Wildman–Crippen LogP) is 1.80. The Morgan fingerprint density at radius 3 is 2.73 bits per heavy atom. The molecule has 15 heavy (non-hydrogen) atoms. The van der Waals surface area contributed by atoms with Crippen molar-refractivity contribution in [3.63, 3.8) is 0 Å². The van der Waals surface area contributed by atoms with Crippen molar-refractivity contribution >= 4 is 0 Å². The molecule has 2 N–H and O–H groups in total. The lowest BCUT2D eigenvalue weighted by Crippen LogP contribution is -2.36. The highest BCUT2D eigenvalue weighted by Gasteiger charge is 2.28. The summed E-state index contributed by atoms with van der Waals surface area (Å²) in [5.74, 6) is 1.34. The van der Waals surface area contributed by atoms with Crippen molar-refractivity contribution in [3.8, 4) is 0 Å². The molecule has 1 fully saturated rings. The highest BCUT2D eigenvalue weighted by molar-refractivity contribution is 4.79. The number of rotatable bonds is 6. The standard InChI is InChI=1S/C12H25NO2/c1-3-14-6-7-15-12-8-10(2)4-5-11(12)9-13/h10-12H,3-9,13H2,1-2H3. The van der Waals surface area contributed by atoms with Crippen LogP contribution in [-0.2, 0) is 9.47 Å². The molecule has 0 bridgehead atoms. The van der Waals surface area contributed by atoms with Gasteiger partial charge in [0.05, 0.1) is 19.3 Å². The average Bonchev–Trinajstić information content (AvgIpc) is 2.25. The first-order valence-electron chi connectivity index (χ1n) is 6.17. The van der Waals surface area contributed by atoms with E-state index in [1.54, 1.807) is 0 Å². The maximum absolute atomic E-state index is 5.85. The third kappa shape index (κ3) is 4.49. The largest absolute Gasteiger partial charge is 0.379 e. The summed E-state index contributed by atoms with van der Waals surface area (Å²) in [4.78, 5) is 0. The molecule has 1 rings (SSSR count). The molecule has 3 atom stereocenters. The normalized spacial score (nSPS) is 31.8. The first-order chi connectivity index (χ1) is 7.27. The molecule has 3 heteroatoms. The Balaban J connectivity index is 2.22. The van der Waals surface area contributed by atoms with Crippen molar-refractivity contribution in [1.82, 2.24) is 0 Å². The van der Waals surface area contributed by atoms with Gasteiger partial charge in [0.1, 0.15) is 0 Å². The molecule has 1 aliphatic rings. The second-order valence-corrected chi connectivity index (χ2v) is 4.52. The summed E-state index contributed by atoms with van der Waals surface area (Å²) in [5, 5.41) is 0. The molecule has 1 aliphatic carbocycles. The first-order valence-corrected chi connectivity index (χ1v) is 6.17. The van der Waals surface area contributed by atoms with Crippen LogP contribution in [0.15, 0.2) is 0 Å². The molecule has 0 aromatic heterocycles. The van der Waals surface area contributed by atoms with Crippen LogP contribution < -0.4 is 5.73 Å². The molecule has 0 heterocycles. The monoisotopic (exact) mass is 215 g/mol. The zero-order valence-corrected chi connectivity index (χ0v) is 10.1. The molecule has 0 saturated heterocycles. The summed E-state index contributed by atoms with van der Waals surface area (Å²) in [7, 11) is 0. The van der Waals surface area contributed by atoms with Gasteiger partial charge < -0.3 is 15.2 Å². The van der Waals surface area contributed by atoms with Crippen LogP contribution in [0.2, 0.25) is 0 Å². The Bertz CT molecular complexity index is 164. The summed E-state index contributed by atoms with van der Waals surface area (Å²) >= 11 is 0. The number of hydrogen-bond donors (Lipinski definition) is 1. The van der Waals surface area contributed by atoms with E-state index in [2.05, 4.69) is 6.92 Å². The van der Waals surface area contributed by atoms with Gasteiger partial charge in [-0.3, -0.25) is 0 Å². The van der Waals surface area contributed by atoms with E-state index in [1.165, 1.54) is 12.8 Å². The number of ether oxygens (including phenoxy) is 2. The molecular weight excluding hydrogens is 190 g/mol. The summed E-state index contributed by atoms with van der Waals surface area (Å²) in [6, 6.07) is 0. The van der Waals surface area contributed by atoms with E-state index in [9.17, 15) is 0 Å². The molecule has 0 spiro atoms. The van der Waals surface area contributed by atoms with Crippen LogP contribution >= 0.6 is 0 Å². The van der Waals surface area contributed by atoms with Crippen molar-refractivity contribution in [2.75, 3.05) is 26.4 Å². The fraction of sp³-hybridized carbons (Fsp3) is 1.00. The lowest BCUT2D eigenvalue weighted by atomic mass is 9.80. The van der Waals surface area contributed by atoms with Gasteiger partial charge in [-0.1, -0.05) is 13.3 Å². The van der Waals surface area contributed by atoms with Gasteiger partial charge in [-0.05, 0) is 38.1 Å². The molecule has 0 aliphatic heterocycles. The highest BCUT2D eigenvalue weighted by atomic mass is 16.5. The average molecular weight is 215 g/mol. The van der Waals surface area contributed by atoms with E-state index in [0.29, 0.717) is 25.2 Å². The minimum absolute atomic E-state index is 0.360. The summed E-state index contributed by atoms with van der Waals surface area (Å²) < 4.78 is 11.1. The van der Waals surface area contributed by atoms with Gasteiger partial charge in [-0.2, -0.15) is 0 Å². The van der Waals surface area contributed by atoms with Crippen molar-refractivity contribution in [2.45, 2.75) is 39.2 Å². The van der Waals surface area contributed by atoms with Crippen LogP contribution in [0.1, 0.15) is 33.1 Å². The van der Waals surface area contributed by atoms with Crippen molar-refractivity contribution in [1.29, 1.82) is 0 Å². The Morgan fingerprint density at radius 2 is 2.07 bits per heavy atom. The summed E-state index contributed by atoms with van der Waals surface area (Å²) in [6.07, 6.45) is 4.04. The smallest absolute Gasteiger partial charge is 0.0704 e. The van der Waals surface area contributed by atoms with E-state index >= 15 is 0 Å². The van der Waals surface area contributed by atoms with E-state index < -0.39 is 0 Å². The van der Waals surface area contributed by atoms with Crippen LogP contribution in [0.25, 0.3) is 0 Å². The molecule has 0 amide bonds. The van der Waals surface area contributed by atoms with Gasteiger partial charge in [0.15, 0.2) is 0 Å². The maximum atomic E-state index is 5.85. The summed E-state index contributed by atoms with van der Waals surface area (Å²) in [6.45, 7) is 7.24. The highest BCUT2D eigenvalue weighted by Crippen LogP contribution is 2.30. The van der Waals surface area contributed by atoms with Crippen LogP contribution in [-0.4, -0.2) is 32.5 Å². The molecule has 1 saturated carbocycles. The second-order valence-electron chi connectivity index (χ2n) is 4.52. The molecular formula is C12H25NO2. The van der Waals surface area contributed by atoms with Gasteiger partial charge in [0.2, 0.25) is 0 Å². The van der Waals surface area contributed by atoms with Crippen molar-refractivity contribution in [2.24, 2.45) is 17.6 Å². The van der Waals surface area contributed by atoms with Gasteiger partial charge in [0.25, 0.3) is 0 Å². The minimum atomic E-state index is 0.360. The van der Waals surface area contributed by atoms with Crippen LogP contribution in [0.4, 0.5) is 0 Å². The number of hydrogen-bond acceptors (Lipinski definition) is 3. The summed E-state index contributed by atoms with van der Waals surface area (Å²) in [5.41, 5.74) is 5.76. The quantitative estimate of drug-likeness (QED) is 0.687. The van der Waals surface area contributed by atoms with Gasteiger partial charge in [0, 0.05) is 6.61 Å². The molecule has 3 nitrogen and oxygen atoms in total. The second kappa shape index (κ2) is 7.20. The van der Waals surface area contributed by atoms with Crippen molar-refractivity contribution < 1.29 is 9.47 Å². The van der Waals surface area contributed by atoms with Gasteiger partial charge >= 0.3 is 0 Å². The van der Waals surface area contributed by atoms with Crippen LogP contribution in [0.3, 0.4) is 0 Å². The SMILES string of the molecule is CCOCCOC1CC(C)CCC1CN. The fourth-order valence-corrected chi connectivity index (χ4v) is 2.27. The minimum Gasteiger partial charge on any atom is -0.379 e. The lowest BCUT2D eigenvalue weighted by Gasteiger charge is -2.34. The third-order valence-electron chi connectivity index (χ3n) is 3.26. The van der Waals surface area contributed by atoms with E-state index in [-0.39, 0.29) is 0 Å². The van der Waals surface area contributed by atoms with Crippen LogP contribution in [0, 0.1) is 11.8 Å². The van der Waals surface area contributed by atoms with E-state index in [0.717, 1.165) is 25.5 Å². The topological polar surface area (TPSA) is 44.5 Å². The van der Waals surface area contributed by atoms with E-state index in [1.807, 2.05) is 6.92 Å². The zero-order chi connectivity index (χ0) is 11.1. The maximum Gasteiger partial charge on any atom is 0.0704 e. The first kappa shape index (κ1) is 12.9. The van der Waals surface area contributed by atoms with Crippen LogP contribution in [0.5, 0.6) is 0 Å². The third-order valence-corrected chi connectivity index (χ3v) is 3.26. The molecule has 3 unspecified atom stereocenters. The van der Waals surface area contributed by atoms with E-state index in [4.69, 9.17) is 15.2 Å². The van der Waals surface area contributed by atoms with Gasteiger partial charge in [-0.25, -0.2) is 0 Å². The zero-order valence-electron chi connectivity index (χ0n) is 10.1. The Morgan fingerprint density at radius 1 is 1.27 bits per heavy atom. The Hall–Kier alpha value is -0.120. The predicted molar refractivity (Wildman–Crippen MR) is 61.8 cm³/mol. The van der Waals surface area contributed by atoms with Crippen molar-refractivity contribution in [3.05, 3.63) is 0 Å². The molecule has 90 valence electrons.